The first kappa shape index (κ1) is 8.76. The standard InChI is InChI=1S/C12H16N/c1-11-4-6-12(7-5-11)10-13-8-2-3-9-13/h4-7H,1-3,8-10H2. The highest BCUT2D eigenvalue weighted by Gasteiger charge is 2.10. The summed E-state index contributed by atoms with van der Waals surface area (Å²) in [5, 5.41) is 0. The minimum absolute atomic E-state index is 1.10. The minimum atomic E-state index is 1.10. The Morgan fingerprint density at radius 3 is 2.31 bits per heavy atom. The molecule has 1 saturated heterocycles. The van der Waals surface area contributed by atoms with Crippen LogP contribution in [0.5, 0.6) is 0 Å². The van der Waals surface area contributed by atoms with E-state index in [0.29, 0.717) is 0 Å². The Morgan fingerprint density at radius 1 is 1.08 bits per heavy atom. The van der Waals surface area contributed by atoms with E-state index in [1.807, 2.05) is 0 Å². The minimum Gasteiger partial charge on any atom is -0.299 e. The topological polar surface area (TPSA) is 3.24 Å². The summed E-state index contributed by atoms with van der Waals surface area (Å²) in [5.41, 5.74) is 2.51. The second-order valence-electron chi connectivity index (χ2n) is 3.80. The molecule has 1 aromatic carbocycles. The average Bonchev–Trinajstić information content (AvgIpc) is 2.62. The van der Waals surface area contributed by atoms with E-state index in [2.05, 4.69) is 36.1 Å². The molecule has 13 heavy (non-hydrogen) atoms. The van der Waals surface area contributed by atoms with E-state index in [1.165, 1.54) is 31.5 Å². The van der Waals surface area contributed by atoms with E-state index in [4.69, 9.17) is 0 Å². The van der Waals surface area contributed by atoms with E-state index >= 15 is 0 Å². The molecule has 0 N–H and O–H groups in total. The van der Waals surface area contributed by atoms with Crippen LogP contribution in [0.4, 0.5) is 0 Å². The summed E-state index contributed by atoms with van der Waals surface area (Å²) in [6.45, 7) is 7.53. The quantitative estimate of drug-likeness (QED) is 0.665. The van der Waals surface area contributed by atoms with Gasteiger partial charge in [-0.15, -0.1) is 0 Å². The van der Waals surface area contributed by atoms with E-state index in [-0.39, 0.29) is 0 Å². The molecular formula is C12H16N. The van der Waals surface area contributed by atoms with Crippen molar-refractivity contribution in [3.05, 3.63) is 42.3 Å². The first-order chi connectivity index (χ1) is 6.34. The monoisotopic (exact) mass is 174 g/mol. The van der Waals surface area contributed by atoms with Gasteiger partial charge in [0, 0.05) is 6.54 Å². The summed E-state index contributed by atoms with van der Waals surface area (Å²) in [7, 11) is 0. The molecular weight excluding hydrogens is 158 g/mol. The Hall–Kier alpha value is -0.820. The van der Waals surface area contributed by atoms with Crippen LogP contribution in [0.1, 0.15) is 24.0 Å². The van der Waals surface area contributed by atoms with Crippen molar-refractivity contribution < 1.29 is 0 Å². The third-order valence-electron chi connectivity index (χ3n) is 2.63. The lowest BCUT2D eigenvalue weighted by atomic mass is 10.1. The Kier molecular flexibility index (Phi) is 2.65. The largest absolute Gasteiger partial charge is 0.299 e. The predicted molar refractivity (Wildman–Crippen MR) is 55.4 cm³/mol. The van der Waals surface area contributed by atoms with Crippen LogP contribution in [0.3, 0.4) is 0 Å². The van der Waals surface area contributed by atoms with Crippen molar-refractivity contribution in [2.24, 2.45) is 0 Å². The van der Waals surface area contributed by atoms with Gasteiger partial charge in [-0.05, 0) is 44.0 Å². The zero-order chi connectivity index (χ0) is 9.10. The van der Waals surface area contributed by atoms with Crippen molar-refractivity contribution in [2.75, 3.05) is 13.1 Å². The smallest absolute Gasteiger partial charge is 0.0233 e. The van der Waals surface area contributed by atoms with Crippen LogP contribution >= 0.6 is 0 Å². The molecule has 0 spiro atoms. The molecule has 1 aliphatic rings. The van der Waals surface area contributed by atoms with Crippen molar-refractivity contribution >= 4 is 0 Å². The lowest BCUT2D eigenvalue weighted by molar-refractivity contribution is 0.331. The van der Waals surface area contributed by atoms with E-state index in [9.17, 15) is 0 Å². The molecule has 1 aromatic rings. The van der Waals surface area contributed by atoms with E-state index < -0.39 is 0 Å². The molecule has 2 rings (SSSR count). The van der Waals surface area contributed by atoms with Crippen molar-refractivity contribution in [3.8, 4) is 0 Å². The van der Waals surface area contributed by atoms with Crippen LogP contribution in [0.15, 0.2) is 24.3 Å². The number of rotatable bonds is 2. The fourth-order valence-electron chi connectivity index (χ4n) is 1.84. The van der Waals surface area contributed by atoms with Crippen LogP contribution in [-0.4, -0.2) is 18.0 Å². The van der Waals surface area contributed by atoms with Crippen LogP contribution in [0.2, 0.25) is 0 Å². The molecule has 0 atom stereocenters. The lowest BCUT2D eigenvalue weighted by Gasteiger charge is -2.14. The maximum Gasteiger partial charge on any atom is 0.0233 e. The summed E-state index contributed by atoms with van der Waals surface area (Å²) in [5.74, 6) is 0. The molecule has 1 nitrogen and oxygen atoms in total. The van der Waals surface area contributed by atoms with Crippen LogP contribution < -0.4 is 0 Å². The Bertz CT molecular complexity index is 257. The third-order valence-corrected chi connectivity index (χ3v) is 2.63. The average molecular weight is 174 g/mol. The van der Waals surface area contributed by atoms with Gasteiger partial charge >= 0.3 is 0 Å². The summed E-state index contributed by atoms with van der Waals surface area (Å²) in [6.07, 6.45) is 2.74. The van der Waals surface area contributed by atoms with Gasteiger partial charge in [0.25, 0.3) is 0 Å². The fraction of sp³-hybridized carbons (Fsp3) is 0.417. The molecule has 0 unspecified atom stereocenters. The zero-order valence-electron chi connectivity index (χ0n) is 8.00. The Balaban J connectivity index is 1.97. The highest BCUT2D eigenvalue weighted by atomic mass is 15.1. The summed E-state index contributed by atoms with van der Waals surface area (Å²) in [4.78, 5) is 2.51. The molecule has 0 saturated carbocycles. The van der Waals surface area contributed by atoms with Gasteiger partial charge in [0.2, 0.25) is 0 Å². The second-order valence-corrected chi connectivity index (χ2v) is 3.80. The molecule has 69 valence electrons. The number of nitrogens with zero attached hydrogens (tertiary/aromatic N) is 1. The van der Waals surface area contributed by atoms with Gasteiger partial charge in [-0.25, -0.2) is 0 Å². The Labute approximate surface area is 80.4 Å². The predicted octanol–water partition coefficient (Wildman–Crippen LogP) is 2.46. The number of hydrogen-bond donors (Lipinski definition) is 0. The lowest BCUT2D eigenvalue weighted by Crippen LogP contribution is -2.18. The molecule has 0 aliphatic carbocycles. The van der Waals surface area contributed by atoms with Crippen molar-refractivity contribution in [1.29, 1.82) is 0 Å². The molecule has 1 heteroatoms. The van der Waals surface area contributed by atoms with Crippen LogP contribution in [-0.2, 0) is 6.54 Å². The SMILES string of the molecule is [CH2]c1ccc(CN2CCCC2)cc1. The van der Waals surface area contributed by atoms with Gasteiger partial charge in [-0.1, -0.05) is 24.3 Å². The highest BCUT2D eigenvalue weighted by Crippen LogP contribution is 2.12. The summed E-state index contributed by atoms with van der Waals surface area (Å²) in [6, 6.07) is 8.54. The van der Waals surface area contributed by atoms with Crippen molar-refractivity contribution in [2.45, 2.75) is 19.4 Å². The van der Waals surface area contributed by atoms with Gasteiger partial charge in [0.1, 0.15) is 0 Å². The maximum absolute atomic E-state index is 3.88. The normalized spacial score (nSPS) is 17.9. The van der Waals surface area contributed by atoms with Crippen molar-refractivity contribution in [3.63, 3.8) is 0 Å². The third kappa shape index (κ3) is 2.31. The van der Waals surface area contributed by atoms with Crippen molar-refractivity contribution in [1.82, 2.24) is 4.90 Å². The summed E-state index contributed by atoms with van der Waals surface area (Å²) < 4.78 is 0. The number of likely N-dealkylation sites (tertiary alicyclic amines) is 1. The number of hydrogen-bond acceptors (Lipinski definition) is 1. The fourth-order valence-corrected chi connectivity index (χ4v) is 1.84. The zero-order valence-corrected chi connectivity index (χ0v) is 8.00. The highest BCUT2D eigenvalue weighted by molar-refractivity contribution is 5.24. The molecule has 1 heterocycles. The van der Waals surface area contributed by atoms with Gasteiger partial charge < -0.3 is 0 Å². The van der Waals surface area contributed by atoms with Gasteiger partial charge in [0.05, 0.1) is 0 Å². The Morgan fingerprint density at radius 2 is 1.69 bits per heavy atom. The second kappa shape index (κ2) is 3.93. The molecule has 1 fully saturated rings. The van der Waals surface area contributed by atoms with Gasteiger partial charge in [-0.2, -0.15) is 0 Å². The molecule has 1 aliphatic heterocycles. The van der Waals surface area contributed by atoms with E-state index in [0.717, 1.165) is 12.1 Å². The summed E-state index contributed by atoms with van der Waals surface area (Å²) >= 11 is 0. The maximum atomic E-state index is 3.88. The molecule has 0 aromatic heterocycles. The van der Waals surface area contributed by atoms with Gasteiger partial charge in [-0.3, -0.25) is 4.90 Å². The van der Waals surface area contributed by atoms with Gasteiger partial charge in [0.15, 0.2) is 0 Å². The van der Waals surface area contributed by atoms with Crippen LogP contribution in [0.25, 0.3) is 0 Å². The number of benzene rings is 1. The first-order valence-corrected chi connectivity index (χ1v) is 4.98. The molecule has 1 radical (unpaired) electrons. The molecule has 0 bridgehead atoms. The molecule has 0 amide bonds. The first-order valence-electron chi connectivity index (χ1n) is 4.98. The van der Waals surface area contributed by atoms with Crippen LogP contribution in [0, 0.1) is 6.92 Å². The van der Waals surface area contributed by atoms with E-state index in [1.54, 1.807) is 0 Å².